The second-order valence-corrected chi connectivity index (χ2v) is 3.59. The molecular weight excluding hydrogens is 238 g/mol. The number of rotatable bonds is 6. The van der Waals surface area contributed by atoms with Gasteiger partial charge in [-0.1, -0.05) is 0 Å². The van der Waals surface area contributed by atoms with Crippen molar-refractivity contribution in [2.45, 2.75) is 19.0 Å². The Morgan fingerprint density at radius 1 is 1.33 bits per heavy atom. The van der Waals surface area contributed by atoms with E-state index in [9.17, 15) is 9.59 Å². The summed E-state index contributed by atoms with van der Waals surface area (Å²) in [5, 5.41) is 22.2. The van der Waals surface area contributed by atoms with Gasteiger partial charge in [0.2, 0.25) is 0 Å². The van der Waals surface area contributed by atoms with Crippen molar-refractivity contribution in [1.82, 2.24) is 15.6 Å². The van der Waals surface area contributed by atoms with E-state index in [1.54, 1.807) is 24.5 Å². The second kappa shape index (κ2) is 7.23. The van der Waals surface area contributed by atoms with Crippen LogP contribution in [-0.4, -0.2) is 39.8 Å². The van der Waals surface area contributed by atoms with Gasteiger partial charge in [0.25, 0.3) is 0 Å². The summed E-state index contributed by atoms with van der Waals surface area (Å²) in [5.41, 5.74) is 0.856. The minimum absolute atomic E-state index is 0.0298. The third-order valence-corrected chi connectivity index (χ3v) is 2.22. The van der Waals surface area contributed by atoms with Crippen molar-refractivity contribution in [2.75, 3.05) is 6.61 Å². The van der Waals surface area contributed by atoms with E-state index in [4.69, 9.17) is 10.2 Å². The number of urea groups is 1. The van der Waals surface area contributed by atoms with Crippen LogP contribution in [0.15, 0.2) is 24.5 Å². The van der Waals surface area contributed by atoms with Crippen molar-refractivity contribution in [1.29, 1.82) is 0 Å². The molecule has 1 heterocycles. The molecule has 0 saturated carbocycles. The topological polar surface area (TPSA) is 112 Å². The van der Waals surface area contributed by atoms with Crippen molar-refractivity contribution in [3.8, 4) is 0 Å². The summed E-state index contributed by atoms with van der Waals surface area (Å²) in [6.45, 7) is -0.0264. The first-order valence-electron chi connectivity index (χ1n) is 5.40. The van der Waals surface area contributed by atoms with E-state index >= 15 is 0 Å². The number of nitrogens with one attached hydrogen (secondary N) is 2. The van der Waals surface area contributed by atoms with Crippen molar-refractivity contribution >= 4 is 12.0 Å². The predicted octanol–water partition coefficient (Wildman–Crippen LogP) is -0.284. The van der Waals surface area contributed by atoms with Crippen molar-refractivity contribution in [3.05, 3.63) is 30.1 Å². The Balaban J connectivity index is 2.39. The third kappa shape index (κ3) is 4.79. The molecule has 0 radical (unpaired) electrons. The first-order chi connectivity index (χ1) is 8.63. The molecule has 7 nitrogen and oxygen atoms in total. The minimum atomic E-state index is -1.18. The Labute approximate surface area is 104 Å². The number of nitrogens with zero attached hydrogens (tertiary/aromatic N) is 1. The largest absolute Gasteiger partial charge is 0.480 e. The van der Waals surface area contributed by atoms with Gasteiger partial charge in [0.15, 0.2) is 0 Å². The Morgan fingerprint density at radius 3 is 2.56 bits per heavy atom. The molecule has 0 bridgehead atoms. The van der Waals surface area contributed by atoms with Crippen LogP contribution in [0.1, 0.15) is 12.0 Å². The highest BCUT2D eigenvalue weighted by Crippen LogP contribution is 1.95. The molecule has 0 aliphatic carbocycles. The van der Waals surface area contributed by atoms with Crippen LogP contribution in [0.2, 0.25) is 0 Å². The van der Waals surface area contributed by atoms with Crippen LogP contribution >= 0.6 is 0 Å². The van der Waals surface area contributed by atoms with Gasteiger partial charge in [0.05, 0.1) is 0 Å². The second-order valence-electron chi connectivity index (χ2n) is 3.59. The van der Waals surface area contributed by atoms with E-state index in [1.807, 2.05) is 0 Å². The standard InChI is InChI=1S/C11H15N3O4/c15-6-3-9(10(16)17)14-11(18)13-7-8-1-4-12-5-2-8/h1-2,4-5,9,15H,3,6-7H2,(H,16,17)(H2,13,14,18). The van der Waals surface area contributed by atoms with Gasteiger partial charge >= 0.3 is 12.0 Å². The molecule has 7 heteroatoms. The molecule has 2 amide bonds. The maximum absolute atomic E-state index is 11.4. The number of aliphatic hydroxyl groups excluding tert-OH is 1. The summed E-state index contributed by atoms with van der Waals surface area (Å²) in [7, 11) is 0. The van der Waals surface area contributed by atoms with Crippen LogP contribution in [0.5, 0.6) is 0 Å². The maximum atomic E-state index is 11.4. The van der Waals surface area contributed by atoms with Crippen LogP contribution in [-0.2, 0) is 11.3 Å². The zero-order valence-electron chi connectivity index (χ0n) is 9.67. The van der Waals surface area contributed by atoms with Gasteiger partial charge in [-0.05, 0) is 17.7 Å². The number of carbonyl (C=O) groups is 2. The highest BCUT2D eigenvalue weighted by Gasteiger charge is 2.18. The number of pyridine rings is 1. The van der Waals surface area contributed by atoms with Gasteiger partial charge in [-0.3, -0.25) is 4.98 Å². The molecule has 0 saturated heterocycles. The predicted molar refractivity (Wildman–Crippen MR) is 62.7 cm³/mol. The molecule has 18 heavy (non-hydrogen) atoms. The molecule has 0 aliphatic rings. The molecule has 1 aromatic heterocycles. The van der Waals surface area contributed by atoms with E-state index < -0.39 is 18.0 Å². The molecule has 1 unspecified atom stereocenters. The number of aliphatic carboxylic acids is 1. The maximum Gasteiger partial charge on any atom is 0.326 e. The molecule has 0 fully saturated rings. The van der Waals surface area contributed by atoms with Crippen LogP contribution in [0.25, 0.3) is 0 Å². The van der Waals surface area contributed by atoms with Gasteiger partial charge in [-0.2, -0.15) is 0 Å². The third-order valence-electron chi connectivity index (χ3n) is 2.22. The van der Waals surface area contributed by atoms with E-state index in [2.05, 4.69) is 15.6 Å². The SMILES string of the molecule is O=C(NCc1ccncc1)NC(CCO)C(=O)O. The summed E-state index contributed by atoms with van der Waals surface area (Å²) in [6.07, 6.45) is 3.17. The number of carboxylic acid groups (broad SMARTS) is 1. The van der Waals surface area contributed by atoms with Gasteiger partial charge < -0.3 is 20.8 Å². The highest BCUT2D eigenvalue weighted by molar-refractivity contribution is 5.82. The summed E-state index contributed by atoms with van der Waals surface area (Å²) in [4.78, 5) is 26.0. The Morgan fingerprint density at radius 2 is 2.00 bits per heavy atom. The van der Waals surface area contributed by atoms with Crippen LogP contribution in [0, 0.1) is 0 Å². The van der Waals surface area contributed by atoms with Crippen molar-refractivity contribution in [2.24, 2.45) is 0 Å². The fraction of sp³-hybridized carbons (Fsp3) is 0.364. The smallest absolute Gasteiger partial charge is 0.326 e. The fourth-order valence-electron chi connectivity index (χ4n) is 1.28. The zero-order valence-corrected chi connectivity index (χ0v) is 9.67. The Hall–Kier alpha value is -2.15. The van der Waals surface area contributed by atoms with Crippen molar-refractivity contribution < 1.29 is 19.8 Å². The lowest BCUT2D eigenvalue weighted by molar-refractivity contribution is -0.139. The molecule has 0 spiro atoms. The highest BCUT2D eigenvalue weighted by atomic mass is 16.4. The van der Waals surface area contributed by atoms with Gasteiger partial charge in [0.1, 0.15) is 6.04 Å². The summed E-state index contributed by atoms with van der Waals surface area (Å²) < 4.78 is 0. The summed E-state index contributed by atoms with van der Waals surface area (Å²) >= 11 is 0. The van der Waals surface area contributed by atoms with Crippen LogP contribution in [0.3, 0.4) is 0 Å². The van der Waals surface area contributed by atoms with Crippen LogP contribution in [0.4, 0.5) is 4.79 Å². The van der Waals surface area contributed by atoms with Crippen LogP contribution < -0.4 is 10.6 Å². The molecule has 4 N–H and O–H groups in total. The van der Waals surface area contributed by atoms with Gasteiger partial charge in [-0.15, -0.1) is 0 Å². The lowest BCUT2D eigenvalue weighted by atomic mass is 10.2. The number of aromatic nitrogens is 1. The van der Waals surface area contributed by atoms with E-state index in [0.29, 0.717) is 0 Å². The van der Waals surface area contributed by atoms with E-state index in [1.165, 1.54) is 0 Å². The summed E-state index contributed by atoms with van der Waals surface area (Å²) in [5.74, 6) is -1.18. The number of amides is 2. The first kappa shape index (κ1) is 13.9. The monoisotopic (exact) mass is 253 g/mol. The lowest BCUT2D eigenvalue weighted by Gasteiger charge is -2.13. The van der Waals surface area contributed by atoms with Gasteiger partial charge in [0, 0.05) is 32.0 Å². The number of hydrogen-bond donors (Lipinski definition) is 4. The average Bonchev–Trinajstić information content (AvgIpc) is 2.37. The molecule has 98 valence electrons. The molecule has 0 aliphatic heterocycles. The number of carbonyl (C=O) groups excluding carboxylic acids is 1. The molecule has 1 rings (SSSR count). The van der Waals surface area contributed by atoms with E-state index in [0.717, 1.165) is 5.56 Å². The molecule has 0 aromatic carbocycles. The van der Waals surface area contributed by atoms with E-state index in [-0.39, 0.29) is 19.6 Å². The minimum Gasteiger partial charge on any atom is -0.480 e. The van der Waals surface area contributed by atoms with Gasteiger partial charge in [-0.25, -0.2) is 9.59 Å². The fourth-order valence-corrected chi connectivity index (χ4v) is 1.28. The Bertz CT molecular complexity index is 397. The molecule has 1 atom stereocenters. The Kier molecular flexibility index (Phi) is 5.59. The zero-order chi connectivity index (χ0) is 13.4. The number of hydrogen-bond acceptors (Lipinski definition) is 4. The lowest BCUT2D eigenvalue weighted by Crippen LogP contribution is -2.46. The quantitative estimate of drug-likeness (QED) is 0.557. The number of aliphatic hydroxyl groups is 1. The van der Waals surface area contributed by atoms with Crippen molar-refractivity contribution in [3.63, 3.8) is 0 Å². The molecule has 1 aromatic rings. The molecular formula is C11H15N3O4. The number of carboxylic acids is 1. The average molecular weight is 253 g/mol. The summed E-state index contributed by atoms with van der Waals surface area (Å²) in [6, 6.07) is 1.80. The first-order valence-corrected chi connectivity index (χ1v) is 5.40. The normalized spacial score (nSPS) is 11.6.